The minimum atomic E-state index is -0.389. The van der Waals surface area contributed by atoms with Gasteiger partial charge in [-0.25, -0.2) is 0 Å². The Bertz CT molecular complexity index is 1040. The van der Waals surface area contributed by atoms with Crippen LogP contribution in [0, 0.1) is 13.8 Å². The van der Waals surface area contributed by atoms with Crippen LogP contribution in [-0.2, 0) is 4.79 Å². The normalized spacial score (nSPS) is 16.9. The molecule has 166 valence electrons. The number of amides is 1. The van der Waals surface area contributed by atoms with Crippen LogP contribution in [0.3, 0.4) is 0 Å². The van der Waals surface area contributed by atoms with E-state index < -0.39 is 0 Å². The molecule has 0 radical (unpaired) electrons. The van der Waals surface area contributed by atoms with E-state index in [0.717, 1.165) is 54.1 Å². The average Bonchev–Trinajstić information content (AvgIpc) is 3.26. The maximum Gasteiger partial charge on any atom is 0.246 e. The molecule has 2 atom stereocenters. The molecule has 1 amide bonds. The summed E-state index contributed by atoms with van der Waals surface area (Å²) >= 11 is 0. The van der Waals surface area contributed by atoms with Gasteiger partial charge in [-0.2, -0.15) is 5.10 Å². The number of aromatic nitrogens is 2. The lowest BCUT2D eigenvalue weighted by atomic mass is 10.0. The minimum absolute atomic E-state index is 0.0172. The molecular formula is C26H31N5O. The number of carbonyl (C=O) groups excluding carboxylic acids is 1. The molecule has 2 unspecified atom stereocenters. The minimum Gasteiger partial charge on any atom is -0.351 e. The Hall–Kier alpha value is -3.25. The molecule has 0 spiro atoms. The molecule has 1 N–H and O–H groups in total. The quantitative estimate of drug-likeness (QED) is 0.604. The Labute approximate surface area is 190 Å². The molecule has 2 heterocycles. The zero-order valence-corrected chi connectivity index (χ0v) is 19.0. The number of carbonyl (C=O) groups is 1. The van der Waals surface area contributed by atoms with Crippen LogP contribution < -0.4 is 10.2 Å². The number of nitrogens with zero attached hydrogens (tertiary/aromatic N) is 4. The van der Waals surface area contributed by atoms with Crippen LogP contribution in [0.1, 0.15) is 35.6 Å². The molecule has 1 aliphatic heterocycles. The van der Waals surface area contributed by atoms with Gasteiger partial charge in [0.1, 0.15) is 6.04 Å². The maximum atomic E-state index is 13.6. The summed E-state index contributed by atoms with van der Waals surface area (Å²) < 4.78 is 0. The number of likely N-dealkylation sites (N-methyl/N-ethyl adjacent to an activating group) is 1. The standard InChI is InChI=1S/C26H31N5O/c1-19-13-14-20(2)23(17-19)28-26(32)25(21-9-5-4-6-10-21)30(3)18-22-11-8-16-31(22)24-12-7-15-27-29-24/h4-7,9-10,12-15,17,22,25H,8,11,16,18H2,1-3H3,(H,28,32). The van der Waals surface area contributed by atoms with Crippen LogP contribution in [-0.4, -0.2) is 47.2 Å². The van der Waals surface area contributed by atoms with Crippen molar-refractivity contribution < 1.29 is 4.79 Å². The molecule has 1 aromatic heterocycles. The van der Waals surface area contributed by atoms with Gasteiger partial charge in [0.2, 0.25) is 5.91 Å². The first-order chi connectivity index (χ1) is 15.5. The highest BCUT2D eigenvalue weighted by Gasteiger charge is 2.32. The highest BCUT2D eigenvalue weighted by molar-refractivity contribution is 5.96. The second-order valence-electron chi connectivity index (χ2n) is 8.63. The van der Waals surface area contributed by atoms with E-state index in [1.165, 1.54) is 0 Å². The molecule has 0 aliphatic carbocycles. The van der Waals surface area contributed by atoms with Gasteiger partial charge < -0.3 is 10.2 Å². The number of nitrogens with one attached hydrogen (secondary N) is 1. The van der Waals surface area contributed by atoms with Gasteiger partial charge >= 0.3 is 0 Å². The second-order valence-corrected chi connectivity index (χ2v) is 8.63. The third-order valence-corrected chi connectivity index (χ3v) is 6.18. The number of anilines is 2. The van der Waals surface area contributed by atoms with Crippen molar-refractivity contribution in [2.45, 2.75) is 38.8 Å². The number of rotatable bonds is 7. The first-order valence-electron chi connectivity index (χ1n) is 11.2. The number of aryl methyl sites for hydroxylation is 2. The van der Waals surface area contributed by atoms with E-state index >= 15 is 0 Å². The first-order valence-corrected chi connectivity index (χ1v) is 11.2. The fraction of sp³-hybridized carbons (Fsp3) is 0.346. The fourth-order valence-electron chi connectivity index (χ4n) is 4.52. The molecule has 4 rings (SSSR count). The molecule has 1 saturated heterocycles. The van der Waals surface area contributed by atoms with Crippen molar-refractivity contribution in [1.29, 1.82) is 0 Å². The molecule has 0 saturated carbocycles. The van der Waals surface area contributed by atoms with Crippen molar-refractivity contribution in [3.8, 4) is 0 Å². The predicted molar refractivity (Wildman–Crippen MR) is 129 cm³/mol. The van der Waals surface area contributed by atoms with Gasteiger partial charge in [0.15, 0.2) is 5.82 Å². The second kappa shape index (κ2) is 9.92. The lowest BCUT2D eigenvalue weighted by Crippen LogP contribution is -2.43. The fourth-order valence-corrected chi connectivity index (χ4v) is 4.52. The average molecular weight is 430 g/mol. The zero-order valence-electron chi connectivity index (χ0n) is 19.0. The van der Waals surface area contributed by atoms with Crippen molar-refractivity contribution in [1.82, 2.24) is 15.1 Å². The van der Waals surface area contributed by atoms with Gasteiger partial charge in [-0.1, -0.05) is 42.5 Å². The molecule has 2 aromatic carbocycles. The van der Waals surface area contributed by atoms with Crippen LogP contribution in [0.2, 0.25) is 0 Å². The first kappa shape index (κ1) is 22.0. The van der Waals surface area contributed by atoms with Crippen LogP contribution in [0.25, 0.3) is 0 Å². The third-order valence-electron chi connectivity index (χ3n) is 6.18. The van der Waals surface area contributed by atoms with Crippen LogP contribution >= 0.6 is 0 Å². The summed E-state index contributed by atoms with van der Waals surface area (Å²) in [7, 11) is 2.04. The Morgan fingerprint density at radius 2 is 1.97 bits per heavy atom. The Morgan fingerprint density at radius 3 is 2.72 bits per heavy atom. The lowest BCUT2D eigenvalue weighted by molar-refractivity contribution is -0.121. The molecule has 6 heteroatoms. The van der Waals surface area contributed by atoms with Gasteiger partial charge in [0.05, 0.1) is 0 Å². The smallest absolute Gasteiger partial charge is 0.246 e. The van der Waals surface area contributed by atoms with Gasteiger partial charge in [-0.05, 0) is 68.6 Å². The summed E-state index contributed by atoms with van der Waals surface area (Å²) in [5, 5.41) is 11.5. The molecule has 1 aliphatic rings. The molecule has 3 aromatic rings. The predicted octanol–water partition coefficient (Wildman–Crippen LogP) is 4.37. The van der Waals surface area contributed by atoms with E-state index in [9.17, 15) is 4.79 Å². The van der Waals surface area contributed by atoms with E-state index in [1.54, 1.807) is 6.20 Å². The largest absolute Gasteiger partial charge is 0.351 e. The van der Waals surface area contributed by atoms with Crippen molar-refractivity contribution in [2.75, 3.05) is 30.4 Å². The SMILES string of the molecule is Cc1ccc(C)c(NC(=O)C(c2ccccc2)N(C)CC2CCCN2c2cccnn2)c1. The van der Waals surface area contributed by atoms with Gasteiger partial charge in [-0.15, -0.1) is 5.10 Å². The molecular weight excluding hydrogens is 398 g/mol. The third kappa shape index (κ3) is 4.97. The highest BCUT2D eigenvalue weighted by Crippen LogP contribution is 2.28. The maximum absolute atomic E-state index is 13.6. The summed E-state index contributed by atoms with van der Waals surface area (Å²) in [5.41, 5.74) is 4.04. The Morgan fingerprint density at radius 1 is 1.16 bits per heavy atom. The zero-order chi connectivity index (χ0) is 22.5. The summed E-state index contributed by atoms with van der Waals surface area (Å²) in [6.07, 6.45) is 3.88. The van der Waals surface area contributed by atoms with Crippen LogP contribution in [0.15, 0.2) is 66.9 Å². The topological polar surface area (TPSA) is 61.4 Å². The number of benzene rings is 2. The van der Waals surface area contributed by atoms with E-state index in [1.807, 2.05) is 75.5 Å². The number of hydrogen-bond acceptors (Lipinski definition) is 5. The van der Waals surface area contributed by atoms with Crippen molar-refractivity contribution >= 4 is 17.4 Å². The van der Waals surface area contributed by atoms with E-state index in [4.69, 9.17) is 0 Å². The monoisotopic (exact) mass is 429 g/mol. The van der Waals surface area contributed by atoms with Crippen molar-refractivity contribution in [2.24, 2.45) is 0 Å². The van der Waals surface area contributed by atoms with E-state index in [-0.39, 0.29) is 18.0 Å². The Kier molecular flexibility index (Phi) is 6.81. The van der Waals surface area contributed by atoms with Gasteiger partial charge in [0, 0.05) is 31.0 Å². The van der Waals surface area contributed by atoms with Crippen molar-refractivity contribution in [3.05, 3.63) is 83.6 Å². The summed E-state index contributed by atoms with van der Waals surface area (Å²) in [4.78, 5) is 18.0. The number of hydrogen-bond donors (Lipinski definition) is 1. The summed E-state index contributed by atoms with van der Waals surface area (Å²) in [5.74, 6) is 0.885. The van der Waals surface area contributed by atoms with Crippen LogP contribution in [0.5, 0.6) is 0 Å². The molecule has 1 fully saturated rings. The molecule has 32 heavy (non-hydrogen) atoms. The Balaban J connectivity index is 1.56. The van der Waals surface area contributed by atoms with E-state index in [0.29, 0.717) is 0 Å². The molecule has 6 nitrogen and oxygen atoms in total. The lowest BCUT2D eigenvalue weighted by Gasteiger charge is -2.33. The van der Waals surface area contributed by atoms with Gasteiger partial charge in [-0.3, -0.25) is 9.69 Å². The van der Waals surface area contributed by atoms with Gasteiger partial charge in [0.25, 0.3) is 0 Å². The van der Waals surface area contributed by atoms with Crippen LogP contribution in [0.4, 0.5) is 11.5 Å². The molecule has 0 bridgehead atoms. The summed E-state index contributed by atoms with van der Waals surface area (Å²) in [6.45, 7) is 5.78. The van der Waals surface area contributed by atoms with E-state index in [2.05, 4.69) is 31.4 Å². The summed E-state index contributed by atoms with van der Waals surface area (Å²) in [6, 6.07) is 20.0. The highest BCUT2D eigenvalue weighted by atomic mass is 16.2. The van der Waals surface area contributed by atoms with Crippen molar-refractivity contribution in [3.63, 3.8) is 0 Å².